The lowest BCUT2D eigenvalue weighted by Gasteiger charge is -2.08. The number of ether oxygens (including phenoxy) is 2. The zero-order chi connectivity index (χ0) is 14.8. The summed E-state index contributed by atoms with van der Waals surface area (Å²) in [6.07, 6.45) is 1.99. The fourth-order valence-electron chi connectivity index (χ4n) is 2.22. The molecule has 0 unspecified atom stereocenters. The topological polar surface area (TPSA) is 78.1 Å². The molecule has 0 aliphatic carbocycles. The van der Waals surface area contributed by atoms with Crippen molar-refractivity contribution in [1.29, 1.82) is 0 Å². The SMILES string of the molecule is COc1cc2[nH]c(=S)n(CCc3ncno3)c2cc1OC. The molecule has 0 aliphatic heterocycles. The van der Waals surface area contributed by atoms with E-state index in [0.29, 0.717) is 35.1 Å². The highest BCUT2D eigenvalue weighted by Crippen LogP contribution is 2.31. The Morgan fingerprint density at radius 3 is 2.71 bits per heavy atom. The fraction of sp³-hybridized carbons (Fsp3) is 0.308. The molecule has 0 spiro atoms. The van der Waals surface area contributed by atoms with Crippen molar-refractivity contribution < 1.29 is 14.0 Å². The van der Waals surface area contributed by atoms with Crippen LogP contribution in [-0.2, 0) is 13.0 Å². The Morgan fingerprint density at radius 1 is 1.29 bits per heavy atom. The van der Waals surface area contributed by atoms with Gasteiger partial charge < -0.3 is 23.5 Å². The van der Waals surface area contributed by atoms with E-state index in [-0.39, 0.29) is 0 Å². The van der Waals surface area contributed by atoms with Crippen molar-refractivity contribution in [2.45, 2.75) is 13.0 Å². The minimum Gasteiger partial charge on any atom is -0.493 e. The lowest BCUT2D eigenvalue weighted by Crippen LogP contribution is -2.02. The van der Waals surface area contributed by atoms with E-state index in [4.69, 9.17) is 26.2 Å². The molecule has 0 aliphatic rings. The summed E-state index contributed by atoms with van der Waals surface area (Å²) >= 11 is 5.37. The van der Waals surface area contributed by atoms with Crippen molar-refractivity contribution in [3.63, 3.8) is 0 Å². The van der Waals surface area contributed by atoms with Gasteiger partial charge in [-0.3, -0.25) is 0 Å². The number of nitrogens with one attached hydrogen (secondary N) is 1. The van der Waals surface area contributed by atoms with Gasteiger partial charge in [-0.2, -0.15) is 4.98 Å². The molecule has 8 heteroatoms. The summed E-state index contributed by atoms with van der Waals surface area (Å²) < 4.78 is 18.2. The number of imidazole rings is 1. The first-order chi connectivity index (χ1) is 10.2. The molecule has 7 nitrogen and oxygen atoms in total. The van der Waals surface area contributed by atoms with Crippen LogP contribution in [0, 0.1) is 4.77 Å². The molecule has 0 bridgehead atoms. The second-order valence-corrected chi connectivity index (χ2v) is 4.78. The van der Waals surface area contributed by atoms with E-state index in [1.54, 1.807) is 14.2 Å². The van der Waals surface area contributed by atoms with Crippen LogP contribution in [0.1, 0.15) is 5.89 Å². The highest BCUT2D eigenvalue weighted by molar-refractivity contribution is 7.71. The summed E-state index contributed by atoms with van der Waals surface area (Å²) in [5.74, 6) is 1.89. The average molecular weight is 306 g/mol. The molecule has 1 aromatic carbocycles. The normalized spacial score (nSPS) is 11.0. The number of aryl methyl sites for hydroxylation is 2. The molecule has 2 heterocycles. The molecule has 2 aromatic heterocycles. The molecule has 0 saturated heterocycles. The summed E-state index contributed by atoms with van der Waals surface area (Å²) in [5, 5.41) is 3.59. The number of fused-ring (bicyclic) bond motifs is 1. The van der Waals surface area contributed by atoms with Crippen molar-refractivity contribution >= 4 is 23.3 Å². The van der Waals surface area contributed by atoms with Crippen LogP contribution in [0.2, 0.25) is 0 Å². The Hall–Kier alpha value is -2.35. The summed E-state index contributed by atoms with van der Waals surface area (Å²) in [7, 11) is 3.21. The van der Waals surface area contributed by atoms with E-state index < -0.39 is 0 Å². The van der Waals surface area contributed by atoms with Crippen LogP contribution in [0.15, 0.2) is 23.0 Å². The summed E-state index contributed by atoms with van der Waals surface area (Å²) in [6, 6.07) is 3.77. The zero-order valence-electron chi connectivity index (χ0n) is 11.6. The first-order valence-electron chi connectivity index (χ1n) is 6.33. The third-order valence-corrected chi connectivity index (χ3v) is 3.56. The highest BCUT2D eigenvalue weighted by Gasteiger charge is 2.12. The predicted octanol–water partition coefficient (Wildman–Crippen LogP) is 2.34. The molecule has 0 atom stereocenters. The molecular weight excluding hydrogens is 292 g/mol. The number of H-pyrrole nitrogens is 1. The minimum absolute atomic E-state index is 0.576. The van der Waals surface area contributed by atoms with Gasteiger partial charge in [-0.05, 0) is 12.2 Å². The van der Waals surface area contributed by atoms with Crippen LogP contribution in [0.4, 0.5) is 0 Å². The van der Waals surface area contributed by atoms with Gasteiger partial charge in [0.1, 0.15) is 0 Å². The van der Waals surface area contributed by atoms with Crippen LogP contribution in [0.3, 0.4) is 0 Å². The van der Waals surface area contributed by atoms with E-state index in [2.05, 4.69) is 15.1 Å². The van der Waals surface area contributed by atoms with Gasteiger partial charge in [-0.15, -0.1) is 0 Å². The van der Waals surface area contributed by atoms with Gasteiger partial charge in [-0.25, -0.2) is 0 Å². The van der Waals surface area contributed by atoms with Gasteiger partial charge in [0.2, 0.25) is 5.89 Å². The maximum atomic E-state index is 5.37. The Bertz CT molecular complexity index is 807. The first-order valence-corrected chi connectivity index (χ1v) is 6.74. The monoisotopic (exact) mass is 306 g/mol. The summed E-state index contributed by atoms with van der Waals surface area (Å²) in [6.45, 7) is 0.635. The Kier molecular flexibility index (Phi) is 3.61. The van der Waals surface area contributed by atoms with Crippen LogP contribution in [0.25, 0.3) is 11.0 Å². The lowest BCUT2D eigenvalue weighted by atomic mass is 10.2. The van der Waals surface area contributed by atoms with Crippen molar-refractivity contribution in [2.75, 3.05) is 14.2 Å². The van der Waals surface area contributed by atoms with Gasteiger partial charge in [0.15, 0.2) is 22.6 Å². The van der Waals surface area contributed by atoms with E-state index in [1.807, 2.05) is 16.7 Å². The standard InChI is InChI=1S/C13H14N4O3S/c1-18-10-5-8-9(6-11(10)19-2)17(13(21)16-8)4-3-12-14-7-15-20-12/h5-7H,3-4H2,1-2H3,(H,16,21). The Balaban J connectivity index is 2.01. The predicted molar refractivity (Wildman–Crippen MR) is 78.2 cm³/mol. The Labute approximate surface area is 125 Å². The first kappa shape index (κ1) is 13.6. The smallest absolute Gasteiger partial charge is 0.228 e. The van der Waals surface area contributed by atoms with E-state index in [0.717, 1.165) is 11.0 Å². The maximum absolute atomic E-state index is 5.37. The number of aromatic nitrogens is 4. The van der Waals surface area contributed by atoms with E-state index in [9.17, 15) is 0 Å². The number of benzene rings is 1. The molecule has 110 valence electrons. The minimum atomic E-state index is 0.576. The van der Waals surface area contributed by atoms with Crippen molar-refractivity contribution in [2.24, 2.45) is 0 Å². The van der Waals surface area contributed by atoms with Crippen molar-refractivity contribution in [3.05, 3.63) is 29.1 Å². The highest BCUT2D eigenvalue weighted by atomic mass is 32.1. The molecule has 21 heavy (non-hydrogen) atoms. The molecule has 0 radical (unpaired) electrons. The van der Waals surface area contributed by atoms with Crippen LogP contribution in [0.5, 0.6) is 11.5 Å². The molecule has 0 fully saturated rings. The number of hydrogen-bond acceptors (Lipinski definition) is 6. The molecule has 0 saturated carbocycles. The number of nitrogens with zero attached hydrogens (tertiary/aromatic N) is 3. The zero-order valence-corrected chi connectivity index (χ0v) is 12.4. The molecule has 3 aromatic rings. The third-order valence-electron chi connectivity index (χ3n) is 3.24. The summed E-state index contributed by atoms with van der Waals surface area (Å²) in [4.78, 5) is 7.17. The van der Waals surface area contributed by atoms with Crippen molar-refractivity contribution in [3.8, 4) is 11.5 Å². The molecular formula is C13H14N4O3S. The largest absolute Gasteiger partial charge is 0.493 e. The van der Waals surface area contributed by atoms with Gasteiger partial charge in [0.05, 0.1) is 25.3 Å². The average Bonchev–Trinajstić information content (AvgIpc) is 3.10. The Morgan fingerprint density at radius 2 is 2.05 bits per heavy atom. The van der Waals surface area contributed by atoms with E-state index in [1.165, 1.54) is 6.33 Å². The van der Waals surface area contributed by atoms with E-state index >= 15 is 0 Å². The van der Waals surface area contributed by atoms with Gasteiger partial charge in [0.25, 0.3) is 0 Å². The number of methoxy groups -OCH3 is 2. The summed E-state index contributed by atoms with van der Waals surface area (Å²) in [5.41, 5.74) is 1.83. The second-order valence-electron chi connectivity index (χ2n) is 4.39. The number of aromatic amines is 1. The quantitative estimate of drug-likeness (QED) is 0.729. The number of hydrogen-bond donors (Lipinski definition) is 1. The molecule has 1 N–H and O–H groups in total. The lowest BCUT2D eigenvalue weighted by molar-refractivity contribution is 0.355. The van der Waals surface area contributed by atoms with Crippen LogP contribution >= 0.6 is 12.2 Å². The van der Waals surface area contributed by atoms with Crippen LogP contribution in [-0.4, -0.2) is 33.9 Å². The maximum Gasteiger partial charge on any atom is 0.228 e. The third kappa shape index (κ3) is 2.49. The molecule has 3 rings (SSSR count). The van der Waals surface area contributed by atoms with Gasteiger partial charge >= 0.3 is 0 Å². The van der Waals surface area contributed by atoms with Gasteiger partial charge in [0, 0.05) is 25.1 Å². The van der Waals surface area contributed by atoms with Crippen molar-refractivity contribution in [1.82, 2.24) is 19.7 Å². The second kappa shape index (κ2) is 5.57. The molecule has 0 amide bonds. The van der Waals surface area contributed by atoms with Gasteiger partial charge in [-0.1, -0.05) is 5.16 Å². The van der Waals surface area contributed by atoms with Crippen LogP contribution < -0.4 is 9.47 Å². The fourth-order valence-corrected chi connectivity index (χ4v) is 2.52. The number of rotatable bonds is 5.